The summed E-state index contributed by atoms with van der Waals surface area (Å²) in [5.74, 6) is 0.610. The monoisotopic (exact) mass is 274 g/mol. The Kier molecular flexibility index (Phi) is 9.10. The molecular formula is C18H26O2. The van der Waals surface area contributed by atoms with Crippen molar-refractivity contribution in [2.24, 2.45) is 0 Å². The first kappa shape index (κ1) is 18.2. The standard InChI is InChI=1S/C18H26O2/c1-7-16(12-10-14(4)5)18(19)17(8-2)13-11-15(6)20-9-3/h8,10-13H,6-7,9H2,1-5H3/b13-11-,16-12+,17-8+. The van der Waals surface area contributed by atoms with E-state index in [0.717, 1.165) is 5.57 Å². The van der Waals surface area contributed by atoms with Crippen molar-refractivity contribution in [1.29, 1.82) is 0 Å². The van der Waals surface area contributed by atoms with E-state index in [-0.39, 0.29) is 5.78 Å². The van der Waals surface area contributed by atoms with Gasteiger partial charge < -0.3 is 4.74 Å². The van der Waals surface area contributed by atoms with E-state index in [0.29, 0.717) is 24.4 Å². The van der Waals surface area contributed by atoms with Crippen molar-refractivity contribution < 1.29 is 9.53 Å². The molecule has 0 spiro atoms. The highest BCUT2D eigenvalue weighted by atomic mass is 16.5. The summed E-state index contributed by atoms with van der Waals surface area (Å²) < 4.78 is 5.24. The van der Waals surface area contributed by atoms with Gasteiger partial charge in [-0.15, -0.1) is 0 Å². The Hall–Kier alpha value is -1.83. The first-order valence-electron chi connectivity index (χ1n) is 7.01. The molecule has 0 radical (unpaired) electrons. The summed E-state index contributed by atoms with van der Waals surface area (Å²) >= 11 is 0. The van der Waals surface area contributed by atoms with Crippen LogP contribution in [0.25, 0.3) is 0 Å². The third kappa shape index (κ3) is 6.93. The zero-order chi connectivity index (χ0) is 15.5. The molecule has 0 saturated carbocycles. The molecule has 0 aromatic heterocycles. The van der Waals surface area contributed by atoms with E-state index in [1.54, 1.807) is 12.2 Å². The van der Waals surface area contributed by atoms with Crippen LogP contribution >= 0.6 is 0 Å². The van der Waals surface area contributed by atoms with Gasteiger partial charge in [-0.25, -0.2) is 0 Å². The van der Waals surface area contributed by atoms with Gasteiger partial charge in [-0.3, -0.25) is 4.79 Å². The third-order valence-electron chi connectivity index (χ3n) is 2.64. The highest BCUT2D eigenvalue weighted by molar-refractivity contribution is 6.10. The lowest BCUT2D eigenvalue weighted by Crippen LogP contribution is -2.04. The van der Waals surface area contributed by atoms with Gasteiger partial charge in [-0.2, -0.15) is 0 Å². The molecule has 2 nitrogen and oxygen atoms in total. The van der Waals surface area contributed by atoms with E-state index >= 15 is 0 Å². The Morgan fingerprint density at radius 1 is 1.15 bits per heavy atom. The summed E-state index contributed by atoms with van der Waals surface area (Å²) in [6, 6.07) is 0. The molecule has 0 bridgehead atoms. The van der Waals surface area contributed by atoms with Crippen LogP contribution in [0.2, 0.25) is 0 Å². The van der Waals surface area contributed by atoms with Gasteiger partial charge in [0.25, 0.3) is 0 Å². The molecule has 0 amide bonds. The fourth-order valence-electron chi connectivity index (χ4n) is 1.53. The van der Waals surface area contributed by atoms with E-state index < -0.39 is 0 Å². The van der Waals surface area contributed by atoms with E-state index in [4.69, 9.17) is 4.74 Å². The second-order valence-corrected chi connectivity index (χ2v) is 4.60. The van der Waals surface area contributed by atoms with Gasteiger partial charge in [-0.05, 0) is 51.8 Å². The molecule has 110 valence electrons. The maximum absolute atomic E-state index is 12.4. The van der Waals surface area contributed by atoms with Crippen LogP contribution in [0.15, 0.2) is 59.4 Å². The Morgan fingerprint density at radius 2 is 1.80 bits per heavy atom. The predicted molar refractivity (Wildman–Crippen MR) is 86.5 cm³/mol. The Labute approximate surface area is 123 Å². The molecule has 0 unspecified atom stereocenters. The SMILES string of the molecule is C=C(/C=C\C(=C/C)C(=O)/C(=C/C=C(C)C)CC)OCC. The van der Waals surface area contributed by atoms with Gasteiger partial charge in [0, 0.05) is 5.57 Å². The molecule has 0 aliphatic carbocycles. The van der Waals surface area contributed by atoms with Crippen molar-refractivity contribution in [1.82, 2.24) is 0 Å². The average molecular weight is 274 g/mol. The average Bonchev–Trinajstić information content (AvgIpc) is 2.40. The lowest BCUT2D eigenvalue weighted by molar-refractivity contribution is -0.112. The van der Waals surface area contributed by atoms with Crippen molar-refractivity contribution in [2.45, 2.75) is 41.0 Å². The van der Waals surface area contributed by atoms with Crippen molar-refractivity contribution in [3.8, 4) is 0 Å². The minimum atomic E-state index is 0.0491. The summed E-state index contributed by atoms with van der Waals surface area (Å²) in [6.45, 7) is 14.1. The van der Waals surface area contributed by atoms with Crippen LogP contribution < -0.4 is 0 Å². The van der Waals surface area contributed by atoms with Gasteiger partial charge in [0.15, 0.2) is 5.78 Å². The largest absolute Gasteiger partial charge is 0.495 e. The minimum Gasteiger partial charge on any atom is -0.495 e. The first-order valence-corrected chi connectivity index (χ1v) is 7.01. The number of ketones is 1. The maximum atomic E-state index is 12.4. The van der Waals surface area contributed by atoms with E-state index in [2.05, 4.69) is 6.58 Å². The maximum Gasteiger partial charge on any atom is 0.188 e. The number of hydrogen-bond donors (Lipinski definition) is 0. The molecule has 0 aromatic rings. The molecule has 0 aliphatic heterocycles. The summed E-state index contributed by atoms with van der Waals surface area (Å²) in [4.78, 5) is 12.4. The lowest BCUT2D eigenvalue weighted by Gasteiger charge is -2.05. The van der Waals surface area contributed by atoms with Crippen LogP contribution in [-0.2, 0) is 9.53 Å². The number of Topliss-reactive ketones (excluding diaryl/α,β-unsaturated/α-hetero) is 1. The molecule has 2 heteroatoms. The molecule has 0 aliphatic rings. The molecule has 0 atom stereocenters. The summed E-state index contributed by atoms with van der Waals surface area (Å²) in [6.07, 6.45) is 9.86. The number of ether oxygens (including phenoxy) is 1. The van der Waals surface area contributed by atoms with Crippen molar-refractivity contribution >= 4 is 5.78 Å². The highest BCUT2D eigenvalue weighted by Crippen LogP contribution is 2.13. The highest BCUT2D eigenvalue weighted by Gasteiger charge is 2.10. The van der Waals surface area contributed by atoms with Crippen molar-refractivity contribution in [3.63, 3.8) is 0 Å². The van der Waals surface area contributed by atoms with Gasteiger partial charge in [0.1, 0.15) is 5.76 Å². The normalized spacial score (nSPS) is 12.4. The van der Waals surface area contributed by atoms with Crippen LogP contribution in [0.3, 0.4) is 0 Å². The number of rotatable bonds is 8. The number of allylic oxidation sites excluding steroid dienone is 8. The van der Waals surface area contributed by atoms with E-state index in [1.807, 2.05) is 52.8 Å². The van der Waals surface area contributed by atoms with Gasteiger partial charge in [-0.1, -0.05) is 37.3 Å². The predicted octanol–water partition coefficient (Wildman–Crippen LogP) is 4.91. The molecule has 0 rings (SSSR count). The molecule has 0 heterocycles. The number of carbonyl (C=O) groups excluding carboxylic acids is 1. The minimum absolute atomic E-state index is 0.0491. The second kappa shape index (κ2) is 10.0. The number of hydrogen-bond acceptors (Lipinski definition) is 2. The van der Waals surface area contributed by atoms with Crippen LogP contribution in [-0.4, -0.2) is 12.4 Å². The zero-order valence-corrected chi connectivity index (χ0v) is 13.3. The fraction of sp³-hybridized carbons (Fsp3) is 0.389. The molecule has 20 heavy (non-hydrogen) atoms. The van der Waals surface area contributed by atoms with Crippen LogP contribution in [0.1, 0.15) is 41.0 Å². The van der Waals surface area contributed by atoms with Gasteiger partial charge in [0.05, 0.1) is 6.61 Å². The topological polar surface area (TPSA) is 26.3 Å². The smallest absolute Gasteiger partial charge is 0.188 e. The van der Waals surface area contributed by atoms with Crippen LogP contribution in [0.4, 0.5) is 0 Å². The Balaban J connectivity index is 5.07. The van der Waals surface area contributed by atoms with Gasteiger partial charge >= 0.3 is 0 Å². The van der Waals surface area contributed by atoms with Crippen molar-refractivity contribution in [2.75, 3.05) is 6.61 Å². The molecule has 0 aromatic carbocycles. The number of carbonyl (C=O) groups is 1. The second-order valence-electron chi connectivity index (χ2n) is 4.60. The van der Waals surface area contributed by atoms with E-state index in [9.17, 15) is 4.79 Å². The summed E-state index contributed by atoms with van der Waals surface area (Å²) in [5, 5.41) is 0. The Bertz CT molecular complexity index is 456. The molecule has 0 fully saturated rings. The lowest BCUT2D eigenvalue weighted by atomic mass is 10.00. The van der Waals surface area contributed by atoms with Crippen LogP contribution in [0, 0.1) is 0 Å². The quantitative estimate of drug-likeness (QED) is 0.357. The van der Waals surface area contributed by atoms with Gasteiger partial charge in [0.2, 0.25) is 0 Å². The summed E-state index contributed by atoms with van der Waals surface area (Å²) in [7, 11) is 0. The zero-order valence-electron chi connectivity index (χ0n) is 13.3. The van der Waals surface area contributed by atoms with Crippen LogP contribution in [0.5, 0.6) is 0 Å². The molecule has 0 saturated heterocycles. The van der Waals surface area contributed by atoms with E-state index in [1.165, 1.54) is 5.57 Å². The first-order chi connectivity index (χ1) is 9.46. The Morgan fingerprint density at radius 3 is 2.25 bits per heavy atom. The molecule has 0 N–H and O–H groups in total. The molecular weight excluding hydrogens is 248 g/mol. The third-order valence-corrected chi connectivity index (χ3v) is 2.64. The summed E-state index contributed by atoms with van der Waals surface area (Å²) in [5.41, 5.74) is 2.62. The fourth-order valence-corrected chi connectivity index (χ4v) is 1.53. The van der Waals surface area contributed by atoms with Crippen molar-refractivity contribution in [3.05, 3.63) is 59.4 Å².